The van der Waals surface area contributed by atoms with E-state index in [0.29, 0.717) is 11.3 Å². The molecule has 2 N–H and O–H groups in total. The van der Waals surface area contributed by atoms with E-state index in [1.165, 1.54) is 12.1 Å². The van der Waals surface area contributed by atoms with Crippen LogP contribution in [0.2, 0.25) is 5.02 Å². The summed E-state index contributed by atoms with van der Waals surface area (Å²) in [6, 6.07) is 5.89. The molecule has 0 fully saturated rings. The predicted octanol–water partition coefficient (Wildman–Crippen LogP) is 2.26. The van der Waals surface area contributed by atoms with Crippen LogP contribution in [0.4, 0.5) is 4.39 Å². The minimum Gasteiger partial charge on any atom is -0.319 e. The molecule has 0 radical (unpaired) electrons. The average molecular weight is 240 g/mol. The fourth-order valence-electron chi connectivity index (χ4n) is 1.48. The van der Waals surface area contributed by atoms with Crippen LogP contribution in [0.1, 0.15) is 17.3 Å². The highest BCUT2D eigenvalue weighted by molar-refractivity contribution is 6.30. The van der Waals surface area contributed by atoms with Crippen molar-refractivity contribution in [1.29, 1.82) is 0 Å². The Hall–Kier alpha value is -1.39. The topological polar surface area (TPSA) is 43.8 Å². The molecule has 2 rings (SSSR count). The van der Waals surface area contributed by atoms with E-state index in [1.54, 1.807) is 30.1 Å². The monoisotopic (exact) mass is 239 g/mol. The Morgan fingerprint density at radius 2 is 2.19 bits per heavy atom. The number of hydrogen-bond donors (Lipinski definition) is 1. The molecule has 2 aromatic rings. The number of aromatic nitrogens is 2. The van der Waals surface area contributed by atoms with Gasteiger partial charge in [-0.25, -0.2) is 4.39 Å². The van der Waals surface area contributed by atoms with Gasteiger partial charge >= 0.3 is 0 Å². The lowest BCUT2D eigenvalue weighted by Crippen LogP contribution is -2.13. The molecule has 0 spiro atoms. The molecule has 0 saturated carbocycles. The van der Waals surface area contributed by atoms with Gasteiger partial charge < -0.3 is 5.73 Å². The van der Waals surface area contributed by atoms with Gasteiger partial charge in [0, 0.05) is 13.2 Å². The fourth-order valence-corrected chi connectivity index (χ4v) is 1.59. The van der Waals surface area contributed by atoms with Crippen molar-refractivity contribution in [2.75, 3.05) is 0 Å². The maximum Gasteiger partial charge on any atom is 0.142 e. The highest BCUT2D eigenvalue weighted by Gasteiger charge is 2.13. The first-order valence-electron chi connectivity index (χ1n) is 4.78. The van der Waals surface area contributed by atoms with E-state index in [0.717, 1.165) is 0 Å². The lowest BCUT2D eigenvalue weighted by Gasteiger charge is -2.09. The predicted molar refractivity (Wildman–Crippen MR) is 60.6 cm³/mol. The van der Waals surface area contributed by atoms with E-state index < -0.39 is 11.9 Å². The van der Waals surface area contributed by atoms with Crippen LogP contribution in [-0.2, 0) is 7.05 Å². The number of halogens is 2. The van der Waals surface area contributed by atoms with Crippen LogP contribution in [0.25, 0.3) is 0 Å². The summed E-state index contributed by atoms with van der Waals surface area (Å²) in [5.41, 5.74) is 7.31. The summed E-state index contributed by atoms with van der Waals surface area (Å²) in [7, 11) is 1.80. The van der Waals surface area contributed by atoms with Gasteiger partial charge in [0.1, 0.15) is 5.82 Å². The lowest BCUT2D eigenvalue weighted by molar-refractivity contribution is 0.622. The van der Waals surface area contributed by atoms with Gasteiger partial charge in [-0.2, -0.15) is 5.10 Å². The average Bonchev–Trinajstić information content (AvgIpc) is 2.68. The van der Waals surface area contributed by atoms with Crippen LogP contribution >= 0.6 is 11.6 Å². The number of hydrogen-bond acceptors (Lipinski definition) is 2. The van der Waals surface area contributed by atoms with Crippen molar-refractivity contribution in [3.63, 3.8) is 0 Å². The Kier molecular flexibility index (Phi) is 2.94. The first-order chi connectivity index (χ1) is 7.58. The lowest BCUT2D eigenvalue weighted by atomic mass is 10.1. The van der Waals surface area contributed by atoms with Crippen LogP contribution in [0, 0.1) is 5.82 Å². The molecule has 0 saturated heterocycles. The van der Waals surface area contributed by atoms with E-state index >= 15 is 0 Å². The van der Waals surface area contributed by atoms with Gasteiger partial charge in [0.15, 0.2) is 0 Å². The fraction of sp³-hybridized carbons (Fsp3) is 0.182. The summed E-state index contributed by atoms with van der Waals surface area (Å²) in [6.07, 6.45) is 1.79. The van der Waals surface area contributed by atoms with Gasteiger partial charge in [0.05, 0.1) is 16.8 Å². The molecule has 1 atom stereocenters. The zero-order valence-corrected chi connectivity index (χ0v) is 9.45. The largest absolute Gasteiger partial charge is 0.319 e. The van der Waals surface area contributed by atoms with Gasteiger partial charge in [-0.3, -0.25) is 4.68 Å². The van der Waals surface area contributed by atoms with Crippen molar-refractivity contribution in [2.45, 2.75) is 6.04 Å². The highest BCUT2D eigenvalue weighted by Crippen LogP contribution is 2.22. The third-order valence-electron chi connectivity index (χ3n) is 2.36. The minimum absolute atomic E-state index is 0.0944. The van der Waals surface area contributed by atoms with Gasteiger partial charge in [0.2, 0.25) is 0 Å². The summed E-state index contributed by atoms with van der Waals surface area (Å²) in [4.78, 5) is 0. The summed E-state index contributed by atoms with van der Waals surface area (Å²) < 4.78 is 14.9. The van der Waals surface area contributed by atoms with Gasteiger partial charge in [0.25, 0.3) is 0 Å². The van der Waals surface area contributed by atoms with Crippen LogP contribution in [0.15, 0.2) is 30.5 Å². The van der Waals surface area contributed by atoms with Gasteiger partial charge in [-0.1, -0.05) is 17.7 Å². The second-order valence-electron chi connectivity index (χ2n) is 3.57. The number of aryl methyl sites for hydroxylation is 1. The van der Waals surface area contributed by atoms with E-state index in [4.69, 9.17) is 17.3 Å². The van der Waals surface area contributed by atoms with E-state index in [-0.39, 0.29) is 5.02 Å². The van der Waals surface area contributed by atoms with Gasteiger partial charge in [-0.05, 0) is 23.8 Å². The van der Waals surface area contributed by atoms with Crippen LogP contribution in [-0.4, -0.2) is 9.78 Å². The molecular weight excluding hydrogens is 229 g/mol. The molecular formula is C11H11ClFN3. The van der Waals surface area contributed by atoms with Crippen LogP contribution in [0.5, 0.6) is 0 Å². The Bertz CT molecular complexity index is 510. The number of rotatable bonds is 2. The van der Waals surface area contributed by atoms with Gasteiger partial charge in [-0.15, -0.1) is 0 Å². The Morgan fingerprint density at radius 3 is 2.75 bits per heavy atom. The Labute approximate surface area is 97.6 Å². The normalized spacial score (nSPS) is 12.8. The standard InChI is InChI=1S/C11H11ClFN3/c1-16-5-4-10(15-16)11(14)7-2-3-8(12)9(13)6-7/h2-6,11H,14H2,1H3. The van der Waals surface area contributed by atoms with Crippen molar-refractivity contribution in [3.05, 3.63) is 52.6 Å². The molecule has 0 aliphatic rings. The zero-order valence-electron chi connectivity index (χ0n) is 8.69. The maximum atomic E-state index is 13.2. The first-order valence-corrected chi connectivity index (χ1v) is 5.16. The van der Waals surface area contributed by atoms with E-state index in [9.17, 15) is 4.39 Å². The molecule has 1 heterocycles. The third-order valence-corrected chi connectivity index (χ3v) is 2.66. The molecule has 0 amide bonds. The molecule has 16 heavy (non-hydrogen) atoms. The summed E-state index contributed by atoms with van der Waals surface area (Å²) in [6.45, 7) is 0. The third kappa shape index (κ3) is 2.08. The maximum absolute atomic E-state index is 13.2. The molecule has 0 aliphatic heterocycles. The molecule has 84 valence electrons. The summed E-state index contributed by atoms with van der Waals surface area (Å²) in [5, 5.41) is 4.27. The number of nitrogens with two attached hydrogens (primary N) is 1. The number of benzene rings is 1. The van der Waals surface area contributed by atoms with Crippen LogP contribution in [0.3, 0.4) is 0 Å². The van der Waals surface area contributed by atoms with Crippen molar-refractivity contribution in [3.8, 4) is 0 Å². The first kappa shape index (κ1) is 11.1. The second-order valence-corrected chi connectivity index (χ2v) is 3.97. The molecule has 1 aromatic carbocycles. The summed E-state index contributed by atoms with van der Waals surface area (Å²) in [5.74, 6) is -0.467. The molecule has 0 aliphatic carbocycles. The second kappa shape index (κ2) is 4.23. The SMILES string of the molecule is Cn1ccc(C(N)c2ccc(Cl)c(F)c2)n1. The van der Waals surface area contributed by atoms with E-state index in [2.05, 4.69) is 5.10 Å². The zero-order chi connectivity index (χ0) is 11.7. The smallest absolute Gasteiger partial charge is 0.142 e. The van der Waals surface area contributed by atoms with Crippen molar-refractivity contribution >= 4 is 11.6 Å². The quantitative estimate of drug-likeness (QED) is 0.874. The van der Waals surface area contributed by atoms with Crippen molar-refractivity contribution < 1.29 is 4.39 Å². The van der Waals surface area contributed by atoms with Crippen molar-refractivity contribution in [2.24, 2.45) is 12.8 Å². The highest BCUT2D eigenvalue weighted by atomic mass is 35.5. The number of nitrogens with zero attached hydrogens (tertiary/aromatic N) is 2. The van der Waals surface area contributed by atoms with Crippen LogP contribution < -0.4 is 5.73 Å². The molecule has 1 aromatic heterocycles. The Morgan fingerprint density at radius 1 is 1.44 bits per heavy atom. The minimum atomic E-state index is -0.467. The molecule has 5 heteroatoms. The molecule has 3 nitrogen and oxygen atoms in total. The van der Waals surface area contributed by atoms with E-state index in [1.807, 2.05) is 0 Å². The molecule has 0 bridgehead atoms. The summed E-state index contributed by atoms with van der Waals surface area (Å²) >= 11 is 5.60. The Balaban J connectivity index is 2.33. The molecule has 1 unspecified atom stereocenters. The van der Waals surface area contributed by atoms with Crippen molar-refractivity contribution in [1.82, 2.24) is 9.78 Å².